The van der Waals surface area contributed by atoms with Gasteiger partial charge in [-0.15, -0.1) is 0 Å². The van der Waals surface area contributed by atoms with Crippen molar-refractivity contribution < 1.29 is 4.79 Å². The van der Waals surface area contributed by atoms with E-state index in [1.54, 1.807) is 6.07 Å². The maximum Gasteiger partial charge on any atom is 0.261 e. The first-order valence-electron chi connectivity index (χ1n) is 8.14. The van der Waals surface area contributed by atoms with E-state index in [-0.39, 0.29) is 17.5 Å². The van der Waals surface area contributed by atoms with Gasteiger partial charge in [-0.3, -0.25) is 14.2 Å². The van der Waals surface area contributed by atoms with Crippen molar-refractivity contribution in [1.82, 2.24) is 14.5 Å². The quantitative estimate of drug-likeness (QED) is 0.917. The average Bonchev–Trinajstić information content (AvgIpc) is 2.61. The summed E-state index contributed by atoms with van der Waals surface area (Å²) in [5.41, 5.74) is 6.35. The molecule has 6 heteroatoms. The summed E-state index contributed by atoms with van der Waals surface area (Å²) in [5, 5.41) is 0.584. The topological polar surface area (TPSA) is 81.2 Å². The van der Waals surface area contributed by atoms with E-state index in [0.29, 0.717) is 30.4 Å². The Balaban J connectivity index is 1.72. The molecule has 1 fully saturated rings. The van der Waals surface area contributed by atoms with Crippen molar-refractivity contribution in [2.75, 3.05) is 13.1 Å². The molecule has 1 saturated heterocycles. The Kier molecular flexibility index (Phi) is 4.71. The minimum absolute atomic E-state index is 0.0696. The molecule has 1 atom stereocenters. The average molecular weight is 314 g/mol. The van der Waals surface area contributed by atoms with Crippen LogP contribution >= 0.6 is 0 Å². The first kappa shape index (κ1) is 15.7. The first-order valence-corrected chi connectivity index (χ1v) is 8.14. The number of nitrogens with zero attached hydrogens (tertiary/aromatic N) is 3. The summed E-state index contributed by atoms with van der Waals surface area (Å²) in [6.45, 7) is 1.62. The molecule has 0 spiro atoms. The van der Waals surface area contributed by atoms with Crippen LogP contribution in [0.3, 0.4) is 0 Å². The van der Waals surface area contributed by atoms with Crippen LogP contribution in [-0.2, 0) is 11.3 Å². The van der Waals surface area contributed by atoms with Gasteiger partial charge in [-0.2, -0.15) is 0 Å². The second kappa shape index (κ2) is 6.91. The van der Waals surface area contributed by atoms with Crippen LogP contribution < -0.4 is 11.3 Å². The zero-order valence-electron chi connectivity index (χ0n) is 13.1. The normalized spacial score (nSPS) is 18.3. The lowest BCUT2D eigenvalue weighted by molar-refractivity contribution is -0.134. The lowest BCUT2D eigenvalue weighted by Gasteiger charge is -2.35. The van der Waals surface area contributed by atoms with Gasteiger partial charge in [0.1, 0.15) is 0 Å². The SMILES string of the molecule is NC[C@H]1CCCCN1C(=O)CCn1cnc2ccccc2c1=O. The number of aromatic nitrogens is 2. The molecule has 0 unspecified atom stereocenters. The van der Waals surface area contributed by atoms with Crippen molar-refractivity contribution in [2.45, 2.75) is 38.3 Å². The third-order valence-corrected chi connectivity index (χ3v) is 4.52. The highest BCUT2D eigenvalue weighted by atomic mass is 16.2. The van der Waals surface area contributed by atoms with Gasteiger partial charge < -0.3 is 10.6 Å². The number of para-hydroxylation sites is 1. The maximum atomic E-state index is 12.5. The molecule has 2 aromatic rings. The third-order valence-electron chi connectivity index (χ3n) is 4.52. The van der Waals surface area contributed by atoms with E-state index in [0.717, 1.165) is 25.8 Å². The Labute approximate surface area is 134 Å². The molecular formula is C17H22N4O2. The predicted octanol–water partition coefficient (Wildman–Crippen LogP) is 1.13. The van der Waals surface area contributed by atoms with E-state index >= 15 is 0 Å². The fourth-order valence-corrected chi connectivity index (χ4v) is 3.20. The number of carbonyl (C=O) groups is 1. The van der Waals surface area contributed by atoms with Crippen LogP contribution in [0.25, 0.3) is 10.9 Å². The Morgan fingerprint density at radius 1 is 1.30 bits per heavy atom. The Hall–Kier alpha value is -2.21. The highest BCUT2D eigenvalue weighted by Crippen LogP contribution is 2.17. The Bertz CT molecular complexity index is 756. The van der Waals surface area contributed by atoms with Gasteiger partial charge in [0.15, 0.2) is 0 Å². The number of hydrogen-bond donors (Lipinski definition) is 1. The lowest BCUT2D eigenvalue weighted by Crippen LogP contribution is -2.47. The van der Waals surface area contributed by atoms with Crippen molar-refractivity contribution in [3.8, 4) is 0 Å². The summed E-state index contributed by atoms with van der Waals surface area (Å²) < 4.78 is 1.52. The van der Waals surface area contributed by atoms with Crippen LogP contribution in [0, 0.1) is 0 Å². The summed E-state index contributed by atoms with van der Waals surface area (Å²) >= 11 is 0. The molecule has 1 aliphatic heterocycles. The number of rotatable bonds is 4. The van der Waals surface area contributed by atoms with Gasteiger partial charge in [-0.05, 0) is 31.4 Å². The summed E-state index contributed by atoms with van der Waals surface area (Å²) in [7, 11) is 0. The van der Waals surface area contributed by atoms with Crippen LogP contribution in [0.2, 0.25) is 0 Å². The number of likely N-dealkylation sites (tertiary alicyclic amines) is 1. The van der Waals surface area contributed by atoms with E-state index in [9.17, 15) is 9.59 Å². The molecule has 0 radical (unpaired) electrons. The molecule has 2 heterocycles. The van der Waals surface area contributed by atoms with Crippen LogP contribution in [-0.4, -0.2) is 39.5 Å². The van der Waals surface area contributed by atoms with Gasteiger partial charge >= 0.3 is 0 Å². The fourth-order valence-electron chi connectivity index (χ4n) is 3.20. The molecule has 1 aliphatic rings. The standard InChI is InChI=1S/C17H22N4O2/c18-11-13-5-3-4-9-21(13)16(22)8-10-20-12-19-15-7-2-1-6-14(15)17(20)23/h1-2,6-7,12-13H,3-5,8-11,18H2/t13-/m1/s1. The number of piperidine rings is 1. The van der Waals surface area contributed by atoms with Crippen molar-refractivity contribution in [2.24, 2.45) is 5.73 Å². The smallest absolute Gasteiger partial charge is 0.261 e. The minimum atomic E-state index is -0.0996. The molecule has 122 valence electrons. The summed E-state index contributed by atoms with van der Waals surface area (Å²) in [4.78, 5) is 31.0. The summed E-state index contributed by atoms with van der Waals surface area (Å²) in [6, 6.07) is 7.39. The van der Waals surface area contributed by atoms with E-state index in [1.807, 2.05) is 23.1 Å². The zero-order chi connectivity index (χ0) is 16.2. The van der Waals surface area contributed by atoms with Crippen molar-refractivity contribution in [1.29, 1.82) is 0 Å². The van der Waals surface area contributed by atoms with Gasteiger partial charge in [0.05, 0.1) is 17.2 Å². The molecule has 1 aromatic carbocycles. The molecule has 2 N–H and O–H groups in total. The van der Waals surface area contributed by atoms with E-state index < -0.39 is 0 Å². The van der Waals surface area contributed by atoms with Gasteiger partial charge in [0.25, 0.3) is 5.56 Å². The van der Waals surface area contributed by atoms with Crippen LogP contribution in [0.1, 0.15) is 25.7 Å². The third kappa shape index (κ3) is 3.27. The minimum Gasteiger partial charge on any atom is -0.338 e. The lowest BCUT2D eigenvalue weighted by atomic mass is 10.0. The monoisotopic (exact) mass is 314 g/mol. The molecular weight excluding hydrogens is 292 g/mol. The number of fused-ring (bicyclic) bond motifs is 1. The van der Waals surface area contributed by atoms with Crippen LogP contribution in [0.5, 0.6) is 0 Å². The molecule has 1 aromatic heterocycles. The Morgan fingerprint density at radius 3 is 2.96 bits per heavy atom. The highest BCUT2D eigenvalue weighted by molar-refractivity contribution is 5.78. The summed E-state index contributed by atoms with van der Waals surface area (Å²) in [5.74, 6) is 0.0696. The number of aryl methyl sites for hydroxylation is 1. The molecule has 0 aliphatic carbocycles. The predicted molar refractivity (Wildman–Crippen MR) is 89.0 cm³/mol. The molecule has 0 bridgehead atoms. The van der Waals surface area contributed by atoms with Gasteiger partial charge in [0.2, 0.25) is 5.91 Å². The number of benzene rings is 1. The first-order chi connectivity index (χ1) is 11.2. The maximum absolute atomic E-state index is 12.5. The molecule has 0 saturated carbocycles. The van der Waals surface area contributed by atoms with Crippen molar-refractivity contribution in [3.05, 3.63) is 40.9 Å². The van der Waals surface area contributed by atoms with Crippen LogP contribution in [0.4, 0.5) is 0 Å². The van der Waals surface area contributed by atoms with Gasteiger partial charge in [0, 0.05) is 32.1 Å². The van der Waals surface area contributed by atoms with Gasteiger partial charge in [-0.1, -0.05) is 12.1 Å². The Morgan fingerprint density at radius 2 is 2.13 bits per heavy atom. The van der Waals surface area contributed by atoms with Crippen molar-refractivity contribution in [3.63, 3.8) is 0 Å². The van der Waals surface area contributed by atoms with E-state index in [1.165, 1.54) is 10.9 Å². The van der Waals surface area contributed by atoms with Gasteiger partial charge in [-0.25, -0.2) is 4.98 Å². The molecule has 3 rings (SSSR count). The fraction of sp³-hybridized carbons (Fsp3) is 0.471. The van der Waals surface area contributed by atoms with Crippen molar-refractivity contribution >= 4 is 16.8 Å². The molecule has 23 heavy (non-hydrogen) atoms. The second-order valence-electron chi connectivity index (χ2n) is 5.98. The zero-order valence-corrected chi connectivity index (χ0v) is 13.1. The second-order valence-corrected chi connectivity index (χ2v) is 5.98. The highest BCUT2D eigenvalue weighted by Gasteiger charge is 2.25. The number of hydrogen-bond acceptors (Lipinski definition) is 4. The number of amides is 1. The molecule has 1 amide bonds. The summed E-state index contributed by atoms with van der Waals surface area (Å²) in [6.07, 6.45) is 4.95. The number of carbonyl (C=O) groups excluding carboxylic acids is 1. The largest absolute Gasteiger partial charge is 0.338 e. The van der Waals surface area contributed by atoms with E-state index in [2.05, 4.69) is 4.98 Å². The molecule has 6 nitrogen and oxygen atoms in total. The van der Waals surface area contributed by atoms with E-state index in [4.69, 9.17) is 5.73 Å². The number of nitrogens with two attached hydrogens (primary N) is 1. The van der Waals surface area contributed by atoms with Crippen LogP contribution in [0.15, 0.2) is 35.4 Å².